The Balaban J connectivity index is 1.50. The number of pyridine rings is 1. The third kappa shape index (κ3) is 3.44. The molecule has 2 heterocycles. The second-order valence-corrected chi connectivity index (χ2v) is 6.62. The smallest absolute Gasteiger partial charge is 0.128 e. The van der Waals surface area contributed by atoms with Crippen molar-refractivity contribution in [3.8, 4) is 0 Å². The van der Waals surface area contributed by atoms with Crippen molar-refractivity contribution >= 4 is 11.5 Å². The quantitative estimate of drug-likeness (QED) is 0.901. The molecule has 0 amide bonds. The van der Waals surface area contributed by atoms with Crippen LogP contribution in [0.1, 0.15) is 45.4 Å². The molecule has 2 unspecified atom stereocenters. The highest BCUT2D eigenvalue weighted by Crippen LogP contribution is 2.28. The van der Waals surface area contributed by atoms with E-state index in [0.29, 0.717) is 0 Å². The Morgan fingerprint density at radius 2 is 2.05 bits per heavy atom. The Hall–Kier alpha value is -1.25. The van der Waals surface area contributed by atoms with Crippen molar-refractivity contribution in [1.29, 1.82) is 0 Å². The fourth-order valence-corrected chi connectivity index (χ4v) is 3.63. The first kappa shape index (κ1) is 13.7. The molecule has 1 aliphatic heterocycles. The van der Waals surface area contributed by atoms with Crippen molar-refractivity contribution in [1.82, 2.24) is 4.98 Å². The molecule has 0 radical (unpaired) electrons. The van der Waals surface area contributed by atoms with Crippen LogP contribution in [-0.2, 0) is 0 Å². The first-order chi connectivity index (χ1) is 9.81. The van der Waals surface area contributed by atoms with Crippen LogP contribution in [0, 0.1) is 11.8 Å². The normalized spacial score (nSPS) is 26.8. The zero-order valence-corrected chi connectivity index (χ0v) is 12.6. The number of hydrogen-bond acceptors (Lipinski definition) is 3. The Bertz CT molecular complexity index is 409. The lowest BCUT2D eigenvalue weighted by Crippen LogP contribution is -2.21. The average molecular weight is 273 g/mol. The minimum Gasteiger partial charge on any atom is -0.384 e. The molecule has 1 N–H and O–H groups in total. The molecule has 3 nitrogen and oxygen atoms in total. The van der Waals surface area contributed by atoms with Gasteiger partial charge < -0.3 is 10.2 Å². The molecule has 1 aliphatic carbocycles. The van der Waals surface area contributed by atoms with Gasteiger partial charge in [-0.15, -0.1) is 0 Å². The van der Waals surface area contributed by atoms with Crippen molar-refractivity contribution in [3.05, 3.63) is 18.3 Å². The zero-order chi connectivity index (χ0) is 13.8. The number of nitrogens with one attached hydrogen (secondary N) is 1. The van der Waals surface area contributed by atoms with E-state index in [2.05, 4.69) is 34.3 Å². The summed E-state index contributed by atoms with van der Waals surface area (Å²) in [6, 6.07) is 4.35. The molecule has 0 aromatic carbocycles. The summed E-state index contributed by atoms with van der Waals surface area (Å²) in [7, 11) is 0. The molecule has 2 atom stereocenters. The lowest BCUT2D eigenvalue weighted by Gasteiger charge is -2.27. The van der Waals surface area contributed by atoms with Gasteiger partial charge in [-0.3, -0.25) is 0 Å². The van der Waals surface area contributed by atoms with Gasteiger partial charge in [0.25, 0.3) is 0 Å². The summed E-state index contributed by atoms with van der Waals surface area (Å²) in [6.07, 6.45) is 10.2. The van der Waals surface area contributed by atoms with Gasteiger partial charge in [-0.05, 0) is 49.7 Å². The van der Waals surface area contributed by atoms with E-state index < -0.39 is 0 Å². The third-order valence-electron chi connectivity index (χ3n) is 4.82. The number of nitrogens with zero attached hydrogens (tertiary/aromatic N) is 2. The molecule has 1 aromatic heterocycles. The molecule has 0 spiro atoms. The van der Waals surface area contributed by atoms with Crippen molar-refractivity contribution in [2.24, 2.45) is 11.8 Å². The van der Waals surface area contributed by atoms with E-state index in [1.807, 2.05) is 6.20 Å². The Labute approximate surface area is 122 Å². The van der Waals surface area contributed by atoms with E-state index in [0.717, 1.165) is 24.2 Å². The SMILES string of the molecule is CC1CCCC(CNc2ccc(N3CCCC3)nc2)C1. The van der Waals surface area contributed by atoms with Gasteiger partial charge >= 0.3 is 0 Å². The van der Waals surface area contributed by atoms with Gasteiger partial charge in [-0.2, -0.15) is 0 Å². The largest absolute Gasteiger partial charge is 0.384 e. The van der Waals surface area contributed by atoms with Gasteiger partial charge in [0.05, 0.1) is 11.9 Å². The molecule has 3 heteroatoms. The fourth-order valence-electron chi connectivity index (χ4n) is 3.63. The molecular formula is C17H27N3. The summed E-state index contributed by atoms with van der Waals surface area (Å²) in [5, 5.41) is 3.57. The third-order valence-corrected chi connectivity index (χ3v) is 4.82. The van der Waals surface area contributed by atoms with Crippen molar-refractivity contribution in [2.75, 3.05) is 29.9 Å². The predicted molar refractivity (Wildman–Crippen MR) is 85.3 cm³/mol. The van der Waals surface area contributed by atoms with E-state index in [1.165, 1.54) is 57.3 Å². The lowest BCUT2D eigenvalue weighted by atomic mass is 9.82. The molecule has 110 valence electrons. The van der Waals surface area contributed by atoms with Crippen LogP contribution in [-0.4, -0.2) is 24.6 Å². The van der Waals surface area contributed by atoms with Crippen LogP contribution in [0.2, 0.25) is 0 Å². The van der Waals surface area contributed by atoms with Gasteiger partial charge in [0.2, 0.25) is 0 Å². The van der Waals surface area contributed by atoms with E-state index in [9.17, 15) is 0 Å². The second kappa shape index (κ2) is 6.47. The number of rotatable bonds is 4. The van der Waals surface area contributed by atoms with Gasteiger partial charge in [-0.25, -0.2) is 4.98 Å². The van der Waals surface area contributed by atoms with Gasteiger partial charge in [-0.1, -0.05) is 19.8 Å². The van der Waals surface area contributed by atoms with E-state index >= 15 is 0 Å². The molecule has 3 rings (SSSR count). The van der Waals surface area contributed by atoms with Crippen LogP contribution >= 0.6 is 0 Å². The highest BCUT2D eigenvalue weighted by Gasteiger charge is 2.18. The van der Waals surface area contributed by atoms with E-state index in [4.69, 9.17) is 0 Å². The van der Waals surface area contributed by atoms with Gasteiger partial charge in [0.1, 0.15) is 5.82 Å². The molecule has 2 fully saturated rings. The fraction of sp³-hybridized carbons (Fsp3) is 0.706. The van der Waals surface area contributed by atoms with Crippen molar-refractivity contribution in [3.63, 3.8) is 0 Å². The summed E-state index contributed by atoms with van der Waals surface area (Å²) in [5.74, 6) is 2.89. The minimum absolute atomic E-state index is 0.844. The molecule has 20 heavy (non-hydrogen) atoms. The standard InChI is InChI=1S/C17H27N3/c1-14-5-4-6-15(11-14)12-18-16-7-8-17(19-13-16)20-9-2-3-10-20/h7-8,13-15,18H,2-6,9-12H2,1H3. The van der Waals surface area contributed by atoms with E-state index in [-0.39, 0.29) is 0 Å². The maximum Gasteiger partial charge on any atom is 0.128 e. The maximum atomic E-state index is 4.60. The highest BCUT2D eigenvalue weighted by molar-refractivity contribution is 5.49. The highest BCUT2D eigenvalue weighted by atomic mass is 15.2. The van der Waals surface area contributed by atoms with Crippen LogP contribution in [0.4, 0.5) is 11.5 Å². The summed E-state index contributed by atoms with van der Waals surface area (Å²) >= 11 is 0. The second-order valence-electron chi connectivity index (χ2n) is 6.62. The zero-order valence-electron chi connectivity index (χ0n) is 12.6. The summed E-state index contributed by atoms with van der Waals surface area (Å²) < 4.78 is 0. The summed E-state index contributed by atoms with van der Waals surface area (Å²) in [6.45, 7) is 5.83. The number of anilines is 2. The number of aromatic nitrogens is 1. The van der Waals surface area contributed by atoms with Crippen LogP contribution < -0.4 is 10.2 Å². The molecule has 2 aliphatic rings. The number of hydrogen-bond donors (Lipinski definition) is 1. The monoisotopic (exact) mass is 273 g/mol. The van der Waals surface area contributed by atoms with Crippen molar-refractivity contribution < 1.29 is 0 Å². The van der Waals surface area contributed by atoms with Gasteiger partial charge in [0.15, 0.2) is 0 Å². The Morgan fingerprint density at radius 1 is 1.20 bits per heavy atom. The van der Waals surface area contributed by atoms with Crippen LogP contribution in [0.3, 0.4) is 0 Å². The molecule has 1 saturated heterocycles. The maximum absolute atomic E-state index is 4.60. The molecular weight excluding hydrogens is 246 g/mol. The minimum atomic E-state index is 0.844. The lowest BCUT2D eigenvalue weighted by molar-refractivity contribution is 0.293. The predicted octanol–water partition coefficient (Wildman–Crippen LogP) is 3.92. The molecule has 0 bridgehead atoms. The van der Waals surface area contributed by atoms with Crippen LogP contribution in [0.5, 0.6) is 0 Å². The van der Waals surface area contributed by atoms with Crippen LogP contribution in [0.25, 0.3) is 0 Å². The van der Waals surface area contributed by atoms with Crippen LogP contribution in [0.15, 0.2) is 18.3 Å². The Morgan fingerprint density at radius 3 is 2.75 bits per heavy atom. The van der Waals surface area contributed by atoms with Crippen molar-refractivity contribution in [2.45, 2.75) is 45.4 Å². The Kier molecular flexibility index (Phi) is 4.44. The van der Waals surface area contributed by atoms with Gasteiger partial charge in [0, 0.05) is 19.6 Å². The topological polar surface area (TPSA) is 28.2 Å². The average Bonchev–Trinajstić information content (AvgIpc) is 3.00. The first-order valence-corrected chi connectivity index (χ1v) is 8.26. The van der Waals surface area contributed by atoms with E-state index in [1.54, 1.807) is 0 Å². The molecule has 1 aromatic rings. The first-order valence-electron chi connectivity index (χ1n) is 8.26. The summed E-state index contributed by atoms with van der Waals surface area (Å²) in [5.41, 5.74) is 1.17. The summed E-state index contributed by atoms with van der Waals surface area (Å²) in [4.78, 5) is 6.98. The molecule has 1 saturated carbocycles.